The zero-order valence-electron chi connectivity index (χ0n) is 7.75. The number of aromatic nitrogens is 1. The average molecular weight is 223 g/mol. The highest BCUT2D eigenvalue weighted by molar-refractivity contribution is 7.12. The normalized spacial score (nSPS) is 10.5. The predicted molar refractivity (Wildman–Crippen MR) is 61.8 cm³/mol. The number of aryl methyl sites for hydroxylation is 1. The van der Waals surface area contributed by atoms with Crippen molar-refractivity contribution in [3.63, 3.8) is 0 Å². The van der Waals surface area contributed by atoms with Gasteiger partial charge < -0.3 is 0 Å². The van der Waals surface area contributed by atoms with Crippen molar-refractivity contribution in [2.24, 2.45) is 0 Å². The van der Waals surface area contributed by atoms with Crippen molar-refractivity contribution in [2.45, 2.75) is 6.92 Å². The molecule has 0 fully saturated rings. The molecule has 0 unspecified atom stereocenters. The summed E-state index contributed by atoms with van der Waals surface area (Å²) in [5, 5.41) is 1.78. The van der Waals surface area contributed by atoms with E-state index in [4.69, 9.17) is 11.6 Å². The summed E-state index contributed by atoms with van der Waals surface area (Å²) < 4.78 is 0. The van der Waals surface area contributed by atoms with Gasteiger partial charge >= 0.3 is 0 Å². The topological polar surface area (TPSA) is 12.9 Å². The predicted octanol–water partition coefficient (Wildman–Crippen LogP) is 3.95. The number of thiazole rings is 1. The fourth-order valence-corrected chi connectivity index (χ4v) is 2.18. The van der Waals surface area contributed by atoms with Crippen LogP contribution in [-0.2, 0) is 0 Å². The molecule has 2 rings (SSSR count). The Labute approximate surface area is 92.4 Å². The van der Waals surface area contributed by atoms with Crippen LogP contribution in [0.25, 0.3) is 11.3 Å². The molecule has 2 aromatic rings. The van der Waals surface area contributed by atoms with Crippen molar-refractivity contribution in [1.82, 2.24) is 4.98 Å². The lowest BCUT2D eigenvalue weighted by molar-refractivity contribution is 1.29. The smallest absolute Gasteiger partial charge is 0.0904 e. The summed E-state index contributed by atoms with van der Waals surface area (Å²) in [6, 6.07) is 7.66. The molecule has 0 saturated carbocycles. The number of hydrogen-bond donors (Lipinski definition) is 0. The molecule has 0 aliphatic heterocycles. The zero-order valence-corrected chi connectivity index (χ0v) is 9.32. The van der Waals surface area contributed by atoms with Crippen molar-refractivity contribution >= 4 is 22.9 Å². The van der Waals surface area contributed by atoms with Gasteiger partial charge in [0.1, 0.15) is 0 Å². The highest BCUT2D eigenvalue weighted by atomic mass is 35.5. The van der Waals surface area contributed by atoms with Gasteiger partial charge in [-0.1, -0.05) is 23.7 Å². The molecule has 14 heavy (non-hydrogen) atoms. The standard InChI is InChI=1S/C11H9ClNS/c1-7-11(13-8(2)14-7)9-3-5-10(12)6-4-9/h3-6H,1H2,2H3. The van der Waals surface area contributed by atoms with Gasteiger partial charge in [-0.05, 0) is 26.0 Å². The Morgan fingerprint density at radius 2 is 1.93 bits per heavy atom. The lowest BCUT2D eigenvalue weighted by Gasteiger charge is -1.97. The van der Waals surface area contributed by atoms with Crippen molar-refractivity contribution in [1.29, 1.82) is 0 Å². The molecule has 71 valence electrons. The minimum Gasteiger partial charge on any atom is -0.241 e. The van der Waals surface area contributed by atoms with Crippen LogP contribution < -0.4 is 0 Å². The largest absolute Gasteiger partial charge is 0.241 e. The number of benzene rings is 1. The molecular formula is C11H9ClNS. The number of hydrogen-bond acceptors (Lipinski definition) is 2. The third kappa shape index (κ3) is 1.81. The van der Waals surface area contributed by atoms with Gasteiger partial charge in [-0.25, -0.2) is 4.98 Å². The van der Waals surface area contributed by atoms with Crippen LogP contribution in [0.3, 0.4) is 0 Å². The molecular weight excluding hydrogens is 214 g/mol. The molecule has 0 saturated heterocycles. The van der Waals surface area contributed by atoms with Crippen molar-refractivity contribution in [3.05, 3.63) is 46.1 Å². The molecule has 1 aromatic heterocycles. The summed E-state index contributed by atoms with van der Waals surface area (Å²) in [4.78, 5) is 5.43. The third-order valence-electron chi connectivity index (χ3n) is 1.92. The molecule has 0 amide bonds. The molecule has 0 atom stereocenters. The van der Waals surface area contributed by atoms with Crippen LogP contribution in [0.15, 0.2) is 24.3 Å². The first-order chi connectivity index (χ1) is 6.66. The summed E-state index contributed by atoms with van der Waals surface area (Å²) in [6.45, 7) is 5.95. The SMILES string of the molecule is [CH2]c1sc(C)nc1-c1ccc(Cl)cc1. The molecule has 1 radical (unpaired) electrons. The van der Waals surface area contributed by atoms with Crippen LogP contribution >= 0.6 is 22.9 Å². The van der Waals surface area contributed by atoms with E-state index in [0.29, 0.717) is 0 Å². The highest BCUT2D eigenvalue weighted by Crippen LogP contribution is 2.27. The molecule has 1 aromatic carbocycles. The van der Waals surface area contributed by atoms with Gasteiger partial charge in [0, 0.05) is 15.5 Å². The quantitative estimate of drug-likeness (QED) is 0.712. The van der Waals surface area contributed by atoms with Gasteiger partial charge in [-0.3, -0.25) is 0 Å². The number of halogens is 1. The van der Waals surface area contributed by atoms with E-state index in [-0.39, 0.29) is 0 Å². The van der Waals surface area contributed by atoms with Gasteiger partial charge in [0.15, 0.2) is 0 Å². The van der Waals surface area contributed by atoms with E-state index in [1.807, 2.05) is 31.2 Å². The fourth-order valence-electron chi connectivity index (χ4n) is 1.30. The summed E-state index contributed by atoms with van der Waals surface area (Å²) in [5.41, 5.74) is 2.04. The van der Waals surface area contributed by atoms with E-state index in [9.17, 15) is 0 Å². The Hall–Kier alpha value is -0.860. The lowest BCUT2D eigenvalue weighted by Crippen LogP contribution is -1.79. The van der Waals surface area contributed by atoms with E-state index in [2.05, 4.69) is 11.9 Å². The highest BCUT2D eigenvalue weighted by Gasteiger charge is 2.06. The molecule has 0 N–H and O–H groups in total. The van der Waals surface area contributed by atoms with Gasteiger partial charge in [0.25, 0.3) is 0 Å². The fraction of sp³-hybridized carbons (Fsp3) is 0.0909. The zero-order chi connectivity index (χ0) is 10.1. The summed E-state index contributed by atoms with van der Waals surface area (Å²) in [7, 11) is 0. The minimum atomic E-state index is 0.742. The number of nitrogens with zero attached hydrogens (tertiary/aromatic N) is 1. The molecule has 0 spiro atoms. The summed E-state index contributed by atoms with van der Waals surface area (Å²) in [6.07, 6.45) is 0. The van der Waals surface area contributed by atoms with E-state index in [1.165, 1.54) is 0 Å². The first-order valence-corrected chi connectivity index (χ1v) is 5.41. The van der Waals surface area contributed by atoms with Gasteiger partial charge in [-0.2, -0.15) is 0 Å². The Kier molecular flexibility index (Phi) is 2.57. The second kappa shape index (κ2) is 3.71. The van der Waals surface area contributed by atoms with Crippen LogP contribution in [0.2, 0.25) is 5.02 Å². The van der Waals surface area contributed by atoms with Crippen LogP contribution in [0.5, 0.6) is 0 Å². The molecule has 3 heteroatoms. The van der Waals surface area contributed by atoms with E-state index in [1.54, 1.807) is 11.3 Å². The molecule has 0 bridgehead atoms. The van der Waals surface area contributed by atoms with Crippen molar-refractivity contribution in [3.8, 4) is 11.3 Å². The third-order valence-corrected chi connectivity index (χ3v) is 3.00. The maximum absolute atomic E-state index is 5.81. The van der Waals surface area contributed by atoms with Crippen LogP contribution in [0, 0.1) is 13.8 Å². The Balaban J connectivity index is 2.49. The second-order valence-electron chi connectivity index (χ2n) is 3.01. The van der Waals surface area contributed by atoms with Crippen LogP contribution in [0.4, 0.5) is 0 Å². The lowest BCUT2D eigenvalue weighted by atomic mass is 10.1. The van der Waals surface area contributed by atoms with E-state index < -0.39 is 0 Å². The maximum Gasteiger partial charge on any atom is 0.0904 e. The second-order valence-corrected chi connectivity index (χ2v) is 4.74. The van der Waals surface area contributed by atoms with E-state index >= 15 is 0 Å². The van der Waals surface area contributed by atoms with Gasteiger partial charge in [0.05, 0.1) is 10.7 Å². The molecule has 1 nitrogen and oxygen atoms in total. The minimum absolute atomic E-state index is 0.742. The van der Waals surface area contributed by atoms with Crippen molar-refractivity contribution in [2.75, 3.05) is 0 Å². The maximum atomic E-state index is 5.81. The molecule has 0 aliphatic carbocycles. The van der Waals surface area contributed by atoms with Gasteiger partial charge in [0.2, 0.25) is 0 Å². The average Bonchev–Trinajstić information content (AvgIpc) is 2.47. The Morgan fingerprint density at radius 1 is 1.29 bits per heavy atom. The van der Waals surface area contributed by atoms with Gasteiger partial charge in [-0.15, -0.1) is 11.3 Å². The number of rotatable bonds is 1. The first-order valence-electron chi connectivity index (χ1n) is 4.22. The Morgan fingerprint density at radius 3 is 2.43 bits per heavy atom. The van der Waals surface area contributed by atoms with Crippen molar-refractivity contribution < 1.29 is 0 Å². The first kappa shape index (κ1) is 9.69. The molecule has 1 heterocycles. The van der Waals surface area contributed by atoms with Crippen LogP contribution in [-0.4, -0.2) is 4.98 Å². The summed E-state index contributed by atoms with van der Waals surface area (Å²) in [5.74, 6) is 0. The molecule has 0 aliphatic rings. The Bertz CT molecular complexity index is 445. The monoisotopic (exact) mass is 222 g/mol. The summed E-state index contributed by atoms with van der Waals surface area (Å²) >= 11 is 7.42. The van der Waals surface area contributed by atoms with E-state index in [0.717, 1.165) is 26.2 Å². The van der Waals surface area contributed by atoms with Crippen LogP contribution in [0.1, 0.15) is 9.88 Å².